The Morgan fingerprint density at radius 1 is 1.05 bits per heavy atom. The van der Waals surface area contributed by atoms with Crippen LogP contribution in [0.2, 0.25) is 0 Å². The van der Waals surface area contributed by atoms with E-state index in [0.29, 0.717) is 25.3 Å². The summed E-state index contributed by atoms with van der Waals surface area (Å²) in [5, 5.41) is 9.64. The van der Waals surface area contributed by atoms with Gasteiger partial charge in [0.25, 0.3) is 0 Å². The van der Waals surface area contributed by atoms with E-state index in [-0.39, 0.29) is 30.7 Å². The molecular formula is C16H29ClN2O3. The fourth-order valence-corrected chi connectivity index (χ4v) is 4.21. The van der Waals surface area contributed by atoms with Crippen molar-refractivity contribution in [3.63, 3.8) is 0 Å². The molecule has 2 saturated carbocycles. The highest BCUT2D eigenvalue weighted by atomic mass is 35.5. The van der Waals surface area contributed by atoms with E-state index in [9.17, 15) is 14.7 Å². The topological polar surface area (TPSA) is 106 Å². The summed E-state index contributed by atoms with van der Waals surface area (Å²) in [7, 11) is 0. The van der Waals surface area contributed by atoms with Crippen LogP contribution in [0.15, 0.2) is 0 Å². The molecule has 0 aromatic carbocycles. The van der Waals surface area contributed by atoms with Crippen molar-refractivity contribution in [2.75, 3.05) is 13.1 Å². The van der Waals surface area contributed by atoms with Crippen LogP contribution < -0.4 is 11.5 Å². The molecule has 0 radical (unpaired) electrons. The van der Waals surface area contributed by atoms with Crippen molar-refractivity contribution >= 4 is 24.2 Å². The Bertz CT molecular complexity index is 397. The number of carbonyl (C=O) groups excluding carboxylic acids is 1. The van der Waals surface area contributed by atoms with E-state index in [1.165, 1.54) is 0 Å². The van der Waals surface area contributed by atoms with Crippen LogP contribution in [-0.2, 0) is 9.59 Å². The number of rotatable bonds is 5. The third-order valence-electron chi connectivity index (χ3n) is 5.75. The second-order valence-corrected chi connectivity index (χ2v) is 6.82. The van der Waals surface area contributed by atoms with Crippen molar-refractivity contribution in [2.24, 2.45) is 34.6 Å². The van der Waals surface area contributed by atoms with E-state index in [1.54, 1.807) is 0 Å². The van der Waals surface area contributed by atoms with Crippen molar-refractivity contribution in [2.45, 2.75) is 51.4 Å². The maximum Gasteiger partial charge on any atom is 0.311 e. The van der Waals surface area contributed by atoms with Crippen molar-refractivity contribution in [1.82, 2.24) is 0 Å². The number of carboxylic acid groups (broad SMARTS) is 1. The highest BCUT2D eigenvalue weighted by Gasteiger charge is 2.50. The molecule has 128 valence electrons. The van der Waals surface area contributed by atoms with Gasteiger partial charge in [0.05, 0.1) is 5.41 Å². The molecule has 0 spiro atoms. The van der Waals surface area contributed by atoms with Crippen LogP contribution in [-0.4, -0.2) is 29.9 Å². The van der Waals surface area contributed by atoms with Crippen LogP contribution in [0.1, 0.15) is 51.4 Å². The molecule has 2 aliphatic rings. The van der Waals surface area contributed by atoms with Crippen molar-refractivity contribution < 1.29 is 14.7 Å². The Morgan fingerprint density at radius 2 is 1.68 bits per heavy atom. The molecule has 2 rings (SSSR count). The quantitative estimate of drug-likeness (QED) is 0.713. The number of halogens is 1. The lowest BCUT2D eigenvalue weighted by Gasteiger charge is -2.41. The molecule has 5 N–H and O–H groups in total. The van der Waals surface area contributed by atoms with Gasteiger partial charge < -0.3 is 16.6 Å². The number of carbonyl (C=O) groups is 2. The third kappa shape index (κ3) is 3.63. The van der Waals surface area contributed by atoms with Gasteiger partial charge in [-0.15, -0.1) is 12.4 Å². The van der Waals surface area contributed by atoms with Crippen molar-refractivity contribution in [3.05, 3.63) is 0 Å². The zero-order valence-corrected chi connectivity index (χ0v) is 13.9. The first-order valence-electron chi connectivity index (χ1n) is 8.22. The van der Waals surface area contributed by atoms with Gasteiger partial charge in [0.2, 0.25) is 0 Å². The Morgan fingerprint density at radius 3 is 2.18 bits per heavy atom. The van der Waals surface area contributed by atoms with Gasteiger partial charge in [-0.1, -0.05) is 12.8 Å². The van der Waals surface area contributed by atoms with Gasteiger partial charge in [0.15, 0.2) is 0 Å². The standard InChI is InChI=1S/C16H28N2O3.ClH/c17-9-11-4-6-12(7-5-11)14(19)13-3-1-2-8-16(13,10-18)15(20)21;/h11-13H,1-10,17-18H2,(H,20,21);1H. The van der Waals surface area contributed by atoms with Crippen molar-refractivity contribution in [3.8, 4) is 0 Å². The second-order valence-electron chi connectivity index (χ2n) is 6.82. The molecule has 0 bridgehead atoms. The zero-order chi connectivity index (χ0) is 15.5. The average Bonchev–Trinajstić information content (AvgIpc) is 2.53. The number of aliphatic carboxylic acids is 1. The Kier molecular flexibility index (Phi) is 7.29. The Hall–Kier alpha value is -0.650. The van der Waals surface area contributed by atoms with Crippen LogP contribution in [0, 0.1) is 23.2 Å². The molecule has 5 nitrogen and oxygen atoms in total. The molecule has 0 aromatic heterocycles. The molecule has 2 fully saturated rings. The summed E-state index contributed by atoms with van der Waals surface area (Å²) in [5.41, 5.74) is 10.5. The minimum absolute atomic E-state index is 0. The molecule has 0 saturated heterocycles. The minimum Gasteiger partial charge on any atom is -0.481 e. The lowest BCUT2D eigenvalue weighted by atomic mass is 9.61. The van der Waals surface area contributed by atoms with Gasteiger partial charge in [-0.2, -0.15) is 0 Å². The highest BCUT2D eigenvalue weighted by Crippen LogP contribution is 2.44. The van der Waals surface area contributed by atoms with Gasteiger partial charge in [0.1, 0.15) is 5.78 Å². The predicted octanol–water partition coefficient (Wildman–Crippen LogP) is 1.96. The number of carboxylic acids is 1. The Labute approximate surface area is 138 Å². The largest absolute Gasteiger partial charge is 0.481 e. The smallest absolute Gasteiger partial charge is 0.311 e. The zero-order valence-electron chi connectivity index (χ0n) is 13.1. The molecular weight excluding hydrogens is 304 g/mol. The average molecular weight is 333 g/mol. The molecule has 0 heterocycles. The van der Waals surface area contributed by atoms with Crippen molar-refractivity contribution in [1.29, 1.82) is 0 Å². The van der Waals surface area contributed by atoms with Crippen LogP contribution in [0.4, 0.5) is 0 Å². The van der Waals surface area contributed by atoms with E-state index in [4.69, 9.17) is 11.5 Å². The minimum atomic E-state index is -1.03. The van der Waals surface area contributed by atoms with Gasteiger partial charge in [0, 0.05) is 18.4 Å². The summed E-state index contributed by atoms with van der Waals surface area (Å²) < 4.78 is 0. The molecule has 0 amide bonds. The van der Waals surface area contributed by atoms with Gasteiger partial charge in [-0.3, -0.25) is 9.59 Å². The molecule has 0 aliphatic heterocycles. The van der Waals surface area contributed by atoms with Crippen LogP contribution in [0.5, 0.6) is 0 Å². The van der Waals surface area contributed by atoms with E-state index < -0.39 is 17.3 Å². The predicted molar refractivity (Wildman–Crippen MR) is 87.8 cm³/mol. The first-order chi connectivity index (χ1) is 10.0. The van der Waals surface area contributed by atoms with E-state index in [2.05, 4.69) is 0 Å². The molecule has 6 heteroatoms. The summed E-state index contributed by atoms with van der Waals surface area (Å²) >= 11 is 0. The summed E-state index contributed by atoms with van der Waals surface area (Å²) in [6.07, 6.45) is 6.70. The Balaban J connectivity index is 0.00000242. The van der Waals surface area contributed by atoms with Crippen LogP contribution in [0.25, 0.3) is 0 Å². The van der Waals surface area contributed by atoms with Crippen LogP contribution >= 0.6 is 12.4 Å². The normalized spacial score (nSPS) is 35.5. The fraction of sp³-hybridized carbons (Fsp3) is 0.875. The van der Waals surface area contributed by atoms with E-state index in [0.717, 1.165) is 38.5 Å². The van der Waals surface area contributed by atoms with E-state index >= 15 is 0 Å². The lowest BCUT2D eigenvalue weighted by Crippen LogP contribution is -2.51. The third-order valence-corrected chi connectivity index (χ3v) is 5.75. The van der Waals surface area contributed by atoms with E-state index in [1.807, 2.05) is 0 Å². The lowest BCUT2D eigenvalue weighted by molar-refractivity contribution is -0.159. The van der Waals surface area contributed by atoms with Crippen LogP contribution in [0.3, 0.4) is 0 Å². The fourth-order valence-electron chi connectivity index (χ4n) is 4.21. The first kappa shape index (κ1) is 19.4. The maximum atomic E-state index is 12.9. The summed E-state index contributed by atoms with van der Waals surface area (Å²) in [6, 6.07) is 0. The van der Waals surface area contributed by atoms with Gasteiger partial charge in [-0.25, -0.2) is 0 Å². The van der Waals surface area contributed by atoms with Gasteiger partial charge in [-0.05, 0) is 51.0 Å². The number of ketones is 1. The second kappa shape index (κ2) is 8.27. The number of nitrogens with two attached hydrogens (primary N) is 2. The molecule has 2 atom stereocenters. The van der Waals surface area contributed by atoms with Gasteiger partial charge >= 0.3 is 5.97 Å². The molecule has 2 aliphatic carbocycles. The molecule has 0 aromatic rings. The maximum absolute atomic E-state index is 12.9. The number of hydrogen-bond donors (Lipinski definition) is 3. The first-order valence-corrected chi connectivity index (χ1v) is 8.22. The number of Topliss-reactive ketones (excluding diaryl/α,β-unsaturated/α-hetero) is 1. The summed E-state index contributed by atoms with van der Waals surface area (Å²) in [6.45, 7) is 0.753. The summed E-state index contributed by atoms with van der Waals surface area (Å²) in [4.78, 5) is 24.6. The molecule has 2 unspecified atom stereocenters. The number of hydrogen-bond acceptors (Lipinski definition) is 4. The SMILES string of the molecule is Cl.NCC1CCC(C(=O)C2CCCCC2(CN)C(=O)O)CC1. The monoisotopic (exact) mass is 332 g/mol. The highest BCUT2D eigenvalue weighted by molar-refractivity contribution is 5.90. The molecule has 22 heavy (non-hydrogen) atoms. The summed E-state index contributed by atoms with van der Waals surface area (Å²) in [5.74, 6) is -0.592.